The molecule has 0 aliphatic heterocycles. The van der Waals surface area contributed by atoms with E-state index in [-0.39, 0.29) is 12.5 Å². The molecule has 2 N–H and O–H groups in total. The SMILES string of the molecule is CCCCC/C=C/CC/C=C/CC/C=C/C(O)C(COP(=O)([O-])OCC[N+](C)(C)C)NC(=O)CCCCCCCCCCCCCCCCCCCCCCCCCCCCCCCCCCCCC. The molecular formula is C61H119N2O6P. The zero-order valence-corrected chi connectivity index (χ0v) is 48.1. The predicted molar refractivity (Wildman–Crippen MR) is 302 cm³/mol. The van der Waals surface area contributed by atoms with Gasteiger partial charge in [-0.05, 0) is 44.9 Å². The number of phosphoric ester groups is 1. The normalized spacial score (nSPS) is 14.1. The highest BCUT2D eigenvalue weighted by Gasteiger charge is 2.23. The van der Waals surface area contributed by atoms with Gasteiger partial charge in [-0.1, -0.05) is 281 Å². The Balaban J connectivity index is 3.93. The first-order valence-corrected chi connectivity index (χ1v) is 31.8. The van der Waals surface area contributed by atoms with Gasteiger partial charge in [-0.2, -0.15) is 0 Å². The van der Waals surface area contributed by atoms with Crippen LogP contribution < -0.4 is 10.2 Å². The maximum atomic E-state index is 12.9. The van der Waals surface area contributed by atoms with Crippen LogP contribution in [0.3, 0.4) is 0 Å². The second-order valence-corrected chi connectivity index (χ2v) is 23.5. The molecule has 0 saturated carbocycles. The van der Waals surface area contributed by atoms with Crippen LogP contribution >= 0.6 is 7.82 Å². The fraction of sp³-hybridized carbons (Fsp3) is 0.885. The molecule has 0 bridgehead atoms. The summed E-state index contributed by atoms with van der Waals surface area (Å²) >= 11 is 0. The number of aliphatic hydroxyl groups is 1. The topological polar surface area (TPSA) is 108 Å². The van der Waals surface area contributed by atoms with Gasteiger partial charge in [-0.15, -0.1) is 0 Å². The summed E-state index contributed by atoms with van der Waals surface area (Å²) in [5.74, 6) is -0.207. The summed E-state index contributed by atoms with van der Waals surface area (Å²) in [6, 6.07) is -0.907. The Morgan fingerprint density at radius 2 is 0.800 bits per heavy atom. The van der Waals surface area contributed by atoms with Crippen molar-refractivity contribution in [3.8, 4) is 0 Å². The van der Waals surface area contributed by atoms with Gasteiger partial charge in [0.15, 0.2) is 0 Å². The standard InChI is InChI=1S/C61H119N2O6P/c1-6-8-10-12-14-16-18-20-21-22-23-24-25-26-27-28-29-30-31-32-33-34-35-36-37-38-39-40-41-43-45-47-49-51-53-55-61(65)62-59(58-69-70(66,67)68-57-56-63(3,4)5)60(64)54-52-50-48-46-44-42-19-17-15-13-11-9-7-2/h15,17,44,46,52,54,59-60,64H,6-14,16,18-43,45,47-51,53,55-58H2,1-5H3,(H-,62,65,66,67)/b17-15+,46-44+,54-52+. The second kappa shape index (κ2) is 52.6. The fourth-order valence-corrected chi connectivity index (χ4v) is 9.79. The molecule has 0 saturated heterocycles. The summed E-state index contributed by atoms with van der Waals surface area (Å²) in [7, 11) is 1.24. The molecule has 0 aromatic heterocycles. The number of hydrogen-bond acceptors (Lipinski definition) is 6. The lowest BCUT2D eigenvalue weighted by Crippen LogP contribution is -2.45. The first-order chi connectivity index (χ1) is 34.0. The van der Waals surface area contributed by atoms with Crippen LogP contribution in [0.4, 0.5) is 0 Å². The van der Waals surface area contributed by atoms with E-state index in [0.29, 0.717) is 17.4 Å². The number of carbonyl (C=O) groups is 1. The number of likely N-dealkylation sites (N-methyl/N-ethyl adjacent to an activating group) is 1. The van der Waals surface area contributed by atoms with Crippen LogP contribution in [0.15, 0.2) is 36.5 Å². The Bertz CT molecular complexity index is 1230. The molecule has 0 rings (SSSR count). The van der Waals surface area contributed by atoms with Crippen LogP contribution in [0.1, 0.15) is 296 Å². The van der Waals surface area contributed by atoms with Crippen LogP contribution in [-0.4, -0.2) is 68.5 Å². The zero-order valence-electron chi connectivity index (χ0n) is 47.2. The number of unbranched alkanes of at least 4 members (excludes halogenated alkanes) is 39. The van der Waals surface area contributed by atoms with Gasteiger partial charge in [0.05, 0.1) is 39.9 Å². The number of quaternary nitrogens is 1. The monoisotopic (exact) mass is 1010 g/mol. The predicted octanol–water partition coefficient (Wildman–Crippen LogP) is 17.9. The van der Waals surface area contributed by atoms with Gasteiger partial charge in [-0.3, -0.25) is 9.36 Å². The summed E-state index contributed by atoms with van der Waals surface area (Å²) in [4.78, 5) is 25.4. The lowest BCUT2D eigenvalue weighted by molar-refractivity contribution is -0.870. The van der Waals surface area contributed by atoms with Gasteiger partial charge >= 0.3 is 0 Å². The molecule has 0 spiro atoms. The van der Waals surface area contributed by atoms with E-state index < -0.39 is 26.6 Å². The minimum absolute atomic E-state index is 0.00766. The number of nitrogens with one attached hydrogen (secondary N) is 1. The van der Waals surface area contributed by atoms with Crippen molar-refractivity contribution in [2.24, 2.45) is 0 Å². The number of hydrogen-bond donors (Lipinski definition) is 2. The molecular weight excluding hydrogens is 888 g/mol. The van der Waals surface area contributed by atoms with Crippen molar-refractivity contribution < 1.29 is 32.9 Å². The molecule has 414 valence electrons. The fourth-order valence-electron chi connectivity index (χ4n) is 9.07. The van der Waals surface area contributed by atoms with Crippen LogP contribution in [0.5, 0.6) is 0 Å². The molecule has 0 radical (unpaired) electrons. The van der Waals surface area contributed by atoms with E-state index in [1.165, 1.54) is 225 Å². The van der Waals surface area contributed by atoms with Gasteiger partial charge in [0.1, 0.15) is 13.2 Å². The van der Waals surface area contributed by atoms with E-state index in [1.54, 1.807) is 6.08 Å². The smallest absolute Gasteiger partial charge is 0.268 e. The van der Waals surface area contributed by atoms with E-state index in [2.05, 4.69) is 43.5 Å². The highest BCUT2D eigenvalue weighted by atomic mass is 31.2. The Kier molecular flexibility index (Phi) is 51.6. The number of carbonyl (C=O) groups excluding carboxylic acids is 1. The van der Waals surface area contributed by atoms with Crippen molar-refractivity contribution in [2.45, 2.75) is 309 Å². The lowest BCUT2D eigenvalue weighted by Gasteiger charge is -2.29. The third-order valence-corrected chi connectivity index (χ3v) is 14.8. The summed E-state index contributed by atoms with van der Waals surface area (Å²) in [5.41, 5.74) is 0. The summed E-state index contributed by atoms with van der Waals surface area (Å²) in [6.45, 7) is 4.61. The molecule has 3 atom stereocenters. The molecule has 0 fully saturated rings. The van der Waals surface area contributed by atoms with Crippen LogP contribution in [0, 0.1) is 0 Å². The largest absolute Gasteiger partial charge is 0.756 e. The van der Waals surface area contributed by atoms with Gasteiger partial charge in [0.2, 0.25) is 5.91 Å². The molecule has 8 nitrogen and oxygen atoms in total. The van der Waals surface area contributed by atoms with E-state index in [1.807, 2.05) is 27.2 Å². The molecule has 9 heteroatoms. The van der Waals surface area contributed by atoms with Gasteiger partial charge in [0, 0.05) is 6.42 Å². The number of allylic oxidation sites excluding steroid dienone is 5. The van der Waals surface area contributed by atoms with Gasteiger partial charge in [0.25, 0.3) is 7.82 Å². The molecule has 70 heavy (non-hydrogen) atoms. The maximum absolute atomic E-state index is 12.9. The highest BCUT2D eigenvalue weighted by Crippen LogP contribution is 2.38. The molecule has 0 heterocycles. The van der Waals surface area contributed by atoms with E-state index >= 15 is 0 Å². The van der Waals surface area contributed by atoms with Crippen molar-refractivity contribution in [3.63, 3.8) is 0 Å². The number of amides is 1. The van der Waals surface area contributed by atoms with Crippen molar-refractivity contribution in [2.75, 3.05) is 40.9 Å². The number of aliphatic hydroxyl groups excluding tert-OH is 1. The molecule has 0 aromatic carbocycles. The average Bonchev–Trinajstić information content (AvgIpc) is 3.32. The summed E-state index contributed by atoms with van der Waals surface area (Å²) in [5, 5.41) is 13.8. The minimum atomic E-state index is -4.60. The van der Waals surface area contributed by atoms with Crippen LogP contribution in [-0.2, 0) is 18.4 Å². The zero-order chi connectivity index (χ0) is 51.3. The van der Waals surface area contributed by atoms with Gasteiger partial charge < -0.3 is 28.8 Å². The minimum Gasteiger partial charge on any atom is -0.756 e. The first-order valence-electron chi connectivity index (χ1n) is 30.4. The quantitative estimate of drug-likeness (QED) is 0.0272. The Hall–Kier alpha value is -1.28. The van der Waals surface area contributed by atoms with E-state index in [9.17, 15) is 19.4 Å². The molecule has 0 aliphatic rings. The number of rotatable bonds is 56. The molecule has 1 amide bonds. The number of phosphoric acid groups is 1. The van der Waals surface area contributed by atoms with Crippen molar-refractivity contribution in [3.05, 3.63) is 36.5 Å². The highest BCUT2D eigenvalue weighted by molar-refractivity contribution is 7.45. The average molecular weight is 1010 g/mol. The van der Waals surface area contributed by atoms with Crippen LogP contribution in [0.25, 0.3) is 0 Å². The van der Waals surface area contributed by atoms with E-state index in [0.717, 1.165) is 51.4 Å². The molecule has 3 unspecified atom stereocenters. The first kappa shape index (κ1) is 68.7. The van der Waals surface area contributed by atoms with Crippen molar-refractivity contribution in [1.29, 1.82) is 0 Å². The third-order valence-electron chi connectivity index (χ3n) is 13.8. The van der Waals surface area contributed by atoms with Gasteiger partial charge in [-0.25, -0.2) is 0 Å². The summed E-state index contributed by atoms with van der Waals surface area (Å²) in [6.07, 6.45) is 68.4. The Labute approximate surface area is 436 Å². The second-order valence-electron chi connectivity index (χ2n) is 22.0. The van der Waals surface area contributed by atoms with Crippen molar-refractivity contribution >= 4 is 13.7 Å². The Morgan fingerprint density at radius 3 is 1.16 bits per heavy atom. The summed E-state index contributed by atoms with van der Waals surface area (Å²) < 4.78 is 23.3. The van der Waals surface area contributed by atoms with Crippen LogP contribution in [0.2, 0.25) is 0 Å². The molecule has 0 aliphatic carbocycles. The Morgan fingerprint density at radius 1 is 0.486 bits per heavy atom. The number of nitrogens with zero attached hydrogens (tertiary/aromatic N) is 1. The van der Waals surface area contributed by atoms with Crippen molar-refractivity contribution in [1.82, 2.24) is 5.32 Å². The van der Waals surface area contributed by atoms with E-state index in [4.69, 9.17) is 9.05 Å². The molecule has 0 aromatic rings. The maximum Gasteiger partial charge on any atom is 0.268 e. The lowest BCUT2D eigenvalue weighted by atomic mass is 10.0. The third kappa shape index (κ3) is 54.5.